The highest BCUT2D eigenvalue weighted by molar-refractivity contribution is 5.90. The van der Waals surface area contributed by atoms with Crippen LogP contribution in [0.5, 0.6) is 0 Å². The Kier molecular flexibility index (Phi) is 8.59. The lowest BCUT2D eigenvalue weighted by molar-refractivity contribution is -0.272. The minimum atomic E-state index is -0.760. The monoisotopic (exact) mass is 438 g/mol. The molecule has 1 fully saturated rings. The molecule has 3 rings (SSSR count). The van der Waals surface area contributed by atoms with E-state index in [9.17, 15) is 9.59 Å². The molecule has 2 aromatic rings. The minimum absolute atomic E-state index is 0.119. The molecule has 0 N–H and O–H groups in total. The molecule has 0 aromatic heterocycles. The maximum Gasteiger partial charge on any atom is 0.338 e. The smallest absolute Gasteiger partial charge is 0.338 e. The number of carbonyl (C=O) groups is 2. The Morgan fingerprint density at radius 3 is 2.06 bits per heavy atom. The second-order valence-corrected chi connectivity index (χ2v) is 7.88. The molecule has 1 aliphatic heterocycles. The second-order valence-electron chi connectivity index (χ2n) is 7.88. The Morgan fingerprint density at radius 1 is 1.00 bits per heavy atom. The molecule has 1 heterocycles. The van der Waals surface area contributed by atoms with E-state index in [0.29, 0.717) is 11.1 Å². The van der Waals surface area contributed by atoms with Gasteiger partial charge in [-0.1, -0.05) is 42.5 Å². The number of benzene rings is 2. The predicted molar refractivity (Wildman–Crippen MR) is 120 cm³/mol. The third-order valence-electron chi connectivity index (χ3n) is 5.32. The molecule has 5 atom stereocenters. The Morgan fingerprint density at radius 2 is 1.53 bits per heavy atom. The second kappa shape index (κ2) is 11.6. The number of allylic oxidation sites excluding steroid dienone is 1. The van der Waals surface area contributed by atoms with Crippen molar-refractivity contribution in [1.29, 1.82) is 0 Å². The fourth-order valence-electron chi connectivity index (χ4n) is 3.49. The van der Waals surface area contributed by atoms with E-state index >= 15 is 0 Å². The lowest BCUT2D eigenvalue weighted by atomic mass is 10.0. The third-order valence-corrected chi connectivity index (χ3v) is 5.32. The van der Waals surface area contributed by atoms with E-state index in [1.54, 1.807) is 48.5 Å². The number of rotatable bonds is 9. The summed E-state index contributed by atoms with van der Waals surface area (Å²) in [6, 6.07) is 17.5. The summed E-state index contributed by atoms with van der Waals surface area (Å²) in [6.07, 6.45) is 1.06. The van der Waals surface area contributed by atoms with Crippen molar-refractivity contribution < 1.29 is 28.5 Å². The van der Waals surface area contributed by atoms with Crippen LogP contribution in [-0.2, 0) is 18.9 Å². The maximum absolute atomic E-state index is 12.7. The topological polar surface area (TPSA) is 71.1 Å². The number of ether oxygens (including phenoxy) is 4. The van der Waals surface area contributed by atoms with Crippen molar-refractivity contribution in [3.05, 3.63) is 84.4 Å². The highest BCUT2D eigenvalue weighted by atomic mass is 16.7. The Bertz CT molecular complexity index is 882. The molecule has 6 heteroatoms. The Hall–Kier alpha value is -2.96. The van der Waals surface area contributed by atoms with Crippen LogP contribution in [0.1, 0.15) is 53.8 Å². The SMILES string of the molecule is C=CCCC(C)O[C@@H]1O[C@@H](C)[C@H](OC(=O)c2ccccc2)C[C@H]1OC(=O)c1ccccc1. The van der Waals surface area contributed by atoms with E-state index in [1.807, 2.05) is 32.1 Å². The normalized spacial score (nSPS) is 23.7. The van der Waals surface area contributed by atoms with E-state index in [0.717, 1.165) is 12.8 Å². The van der Waals surface area contributed by atoms with Gasteiger partial charge in [0.25, 0.3) is 0 Å². The van der Waals surface area contributed by atoms with Crippen molar-refractivity contribution in [1.82, 2.24) is 0 Å². The molecule has 1 unspecified atom stereocenters. The Labute approximate surface area is 189 Å². The van der Waals surface area contributed by atoms with E-state index < -0.39 is 36.5 Å². The van der Waals surface area contributed by atoms with Crippen molar-refractivity contribution >= 4 is 11.9 Å². The minimum Gasteiger partial charge on any atom is -0.456 e. The van der Waals surface area contributed by atoms with Gasteiger partial charge < -0.3 is 18.9 Å². The van der Waals surface area contributed by atoms with Crippen LogP contribution < -0.4 is 0 Å². The molecule has 0 spiro atoms. The van der Waals surface area contributed by atoms with E-state index in [1.165, 1.54) is 0 Å². The van der Waals surface area contributed by atoms with Crippen molar-refractivity contribution in [3.63, 3.8) is 0 Å². The van der Waals surface area contributed by atoms with Crippen LogP contribution in [0.2, 0.25) is 0 Å². The van der Waals surface area contributed by atoms with Gasteiger partial charge in [0.05, 0.1) is 23.3 Å². The third kappa shape index (κ3) is 6.52. The van der Waals surface area contributed by atoms with Gasteiger partial charge in [0.1, 0.15) is 6.10 Å². The fraction of sp³-hybridized carbons (Fsp3) is 0.385. The van der Waals surface area contributed by atoms with E-state index in [4.69, 9.17) is 18.9 Å². The molecule has 0 radical (unpaired) electrons. The summed E-state index contributed by atoms with van der Waals surface area (Å²) in [5.41, 5.74) is 0.886. The lowest BCUT2D eigenvalue weighted by Gasteiger charge is -2.39. The summed E-state index contributed by atoms with van der Waals surface area (Å²) in [6.45, 7) is 7.50. The maximum atomic E-state index is 12.7. The van der Waals surface area contributed by atoms with Gasteiger partial charge in [0.2, 0.25) is 0 Å². The predicted octanol–water partition coefficient (Wildman–Crippen LogP) is 4.94. The number of hydrogen-bond donors (Lipinski definition) is 0. The molecule has 0 bridgehead atoms. The summed E-state index contributed by atoms with van der Waals surface area (Å²) in [7, 11) is 0. The molecular weight excluding hydrogens is 408 g/mol. The van der Waals surface area contributed by atoms with E-state index in [-0.39, 0.29) is 12.5 Å². The van der Waals surface area contributed by atoms with Crippen LogP contribution in [0.3, 0.4) is 0 Å². The first-order valence-corrected chi connectivity index (χ1v) is 10.9. The summed E-state index contributed by atoms with van der Waals surface area (Å²) < 4.78 is 23.6. The molecule has 1 saturated heterocycles. The first-order chi connectivity index (χ1) is 15.5. The molecule has 0 aliphatic carbocycles. The number of esters is 2. The molecule has 32 heavy (non-hydrogen) atoms. The van der Waals surface area contributed by atoms with Crippen molar-refractivity contribution in [3.8, 4) is 0 Å². The summed E-state index contributed by atoms with van der Waals surface area (Å²) >= 11 is 0. The van der Waals surface area contributed by atoms with Crippen molar-refractivity contribution in [2.24, 2.45) is 0 Å². The Balaban J connectivity index is 1.72. The van der Waals surface area contributed by atoms with Gasteiger partial charge in [-0.25, -0.2) is 9.59 Å². The van der Waals surface area contributed by atoms with Gasteiger partial charge in [0.15, 0.2) is 12.4 Å². The molecule has 170 valence electrons. The van der Waals surface area contributed by atoms with Crippen molar-refractivity contribution in [2.75, 3.05) is 0 Å². The van der Waals surface area contributed by atoms with E-state index in [2.05, 4.69) is 6.58 Å². The highest BCUT2D eigenvalue weighted by Gasteiger charge is 2.41. The van der Waals surface area contributed by atoms with Crippen LogP contribution in [0.15, 0.2) is 73.3 Å². The number of hydrogen-bond acceptors (Lipinski definition) is 6. The quantitative estimate of drug-likeness (QED) is 0.408. The number of carbonyl (C=O) groups excluding carboxylic acids is 2. The van der Waals surface area contributed by atoms with Gasteiger partial charge in [-0.15, -0.1) is 6.58 Å². The van der Waals surface area contributed by atoms with Crippen LogP contribution in [-0.4, -0.2) is 42.6 Å². The van der Waals surface area contributed by atoms with Gasteiger partial charge in [-0.3, -0.25) is 0 Å². The molecule has 0 saturated carbocycles. The van der Waals surface area contributed by atoms with Gasteiger partial charge in [-0.2, -0.15) is 0 Å². The highest BCUT2D eigenvalue weighted by Crippen LogP contribution is 2.28. The molecule has 0 amide bonds. The van der Waals surface area contributed by atoms with Crippen LogP contribution >= 0.6 is 0 Å². The molecule has 1 aliphatic rings. The van der Waals surface area contributed by atoms with Crippen LogP contribution in [0.25, 0.3) is 0 Å². The first kappa shape index (κ1) is 23.7. The van der Waals surface area contributed by atoms with Gasteiger partial charge in [0, 0.05) is 6.42 Å². The lowest BCUT2D eigenvalue weighted by Crippen LogP contribution is -2.51. The molecular formula is C26H30O6. The zero-order chi connectivity index (χ0) is 22.9. The van der Waals surface area contributed by atoms with Crippen LogP contribution in [0, 0.1) is 0 Å². The molecule has 2 aromatic carbocycles. The summed E-state index contributed by atoms with van der Waals surface area (Å²) in [4.78, 5) is 25.3. The summed E-state index contributed by atoms with van der Waals surface area (Å²) in [5, 5.41) is 0. The zero-order valence-corrected chi connectivity index (χ0v) is 18.5. The largest absolute Gasteiger partial charge is 0.456 e. The standard InChI is InChI=1S/C26H30O6/c1-4-5-12-18(2)29-26-23(32-25(28)21-15-10-7-11-16-21)17-22(19(3)30-26)31-24(27)20-13-8-6-9-14-20/h4,6-11,13-16,18-19,22-23,26H,1,5,12,17H2,2-3H3/t18?,19-,22+,23+,26+/m0/s1. The average Bonchev–Trinajstić information content (AvgIpc) is 2.81. The molecule has 6 nitrogen and oxygen atoms in total. The van der Waals surface area contributed by atoms with Gasteiger partial charge in [-0.05, 0) is 51.0 Å². The van der Waals surface area contributed by atoms with Crippen LogP contribution in [0.4, 0.5) is 0 Å². The average molecular weight is 439 g/mol. The van der Waals surface area contributed by atoms with Crippen molar-refractivity contribution in [2.45, 2.75) is 63.8 Å². The summed E-state index contributed by atoms with van der Waals surface area (Å²) in [5.74, 6) is -0.924. The fourth-order valence-corrected chi connectivity index (χ4v) is 3.49. The zero-order valence-electron chi connectivity index (χ0n) is 18.5. The first-order valence-electron chi connectivity index (χ1n) is 10.9. The van der Waals surface area contributed by atoms with Gasteiger partial charge >= 0.3 is 11.9 Å².